The number of hydrogen-bond acceptors (Lipinski definition) is 4. The molecular formula is C15H27N3S. The highest BCUT2D eigenvalue weighted by atomic mass is 32.2. The van der Waals surface area contributed by atoms with E-state index in [1.807, 2.05) is 18.0 Å². The Balaban J connectivity index is 2.92. The van der Waals surface area contributed by atoms with Gasteiger partial charge in [0.25, 0.3) is 0 Å². The highest BCUT2D eigenvalue weighted by Crippen LogP contribution is 2.22. The Kier molecular flexibility index (Phi) is 6.66. The van der Waals surface area contributed by atoms with E-state index in [4.69, 9.17) is 0 Å². The Labute approximate surface area is 122 Å². The molecule has 1 rings (SSSR count). The van der Waals surface area contributed by atoms with Crippen molar-refractivity contribution in [1.82, 2.24) is 10.3 Å². The van der Waals surface area contributed by atoms with Crippen LogP contribution in [0.15, 0.2) is 12.3 Å². The molecule has 1 aromatic rings. The fourth-order valence-corrected chi connectivity index (χ4v) is 2.65. The highest BCUT2D eigenvalue weighted by Gasteiger charge is 2.14. The molecule has 0 aliphatic heterocycles. The third-order valence-electron chi connectivity index (χ3n) is 3.25. The first-order valence-corrected chi connectivity index (χ1v) is 8.25. The molecule has 1 heterocycles. The van der Waals surface area contributed by atoms with Gasteiger partial charge in [0.15, 0.2) is 0 Å². The lowest BCUT2D eigenvalue weighted by Crippen LogP contribution is -2.32. The molecule has 0 bridgehead atoms. The maximum absolute atomic E-state index is 4.43. The highest BCUT2D eigenvalue weighted by molar-refractivity contribution is 7.98. The molecule has 1 atom stereocenters. The standard InChI is InChI=1S/C15H27N3S/c1-11(2)16-8-14-9-17-12(3)7-15(14)18(5)13(4)10-19-6/h7,9,11,13,16H,8,10H2,1-6H3. The predicted octanol–water partition coefficient (Wildman–Crippen LogP) is 3.08. The Morgan fingerprint density at radius 1 is 1.37 bits per heavy atom. The van der Waals surface area contributed by atoms with Gasteiger partial charge in [-0.05, 0) is 26.2 Å². The summed E-state index contributed by atoms with van der Waals surface area (Å²) in [4.78, 5) is 6.80. The van der Waals surface area contributed by atoms with Crippen LogP contribution in [-0.4, -0.2) is 36.1 Å². The second-order valence-corrected chi connectivity index (χ2v) is 6.32. The minimum atomic E-state index is 0.489. The van der Waals surface area contributed by atoms with Crippen molar-refractivity contribution in [2.45, 2.75) is 46.3 Å². The lowest BCUT2D eigenvalue weighted by molar-refractivity contribution is 0.586. The van der Waals surface area contributed by atoms with Gasteiger partial charge in [-0.2, -0.15) is 11.8 Å². The van der Waals surface area contributed by atoms with Gasteiger partial charge < -0.3 is 10.2 Å². The van der Waals surface area contributed by atoms with Crippen LogP contribution < -0.4 is 10.2 Å². The number of nitrogens with one attached hydrogen (secondary N) is 1. The molecule has 0 saturated heterocycles. The second kappa shape index (κ2) is 7.75. The number of pyridine rings is 1. The van der Waals surface area contributed by atoms with Gasteiger partial charge in [0.2, 0.25) is 0 Å². The summed E-state index contributed by atoms with van der Waals surface area (Å²) in [7, 11) is 2.18. The minimum Gasteiger partial charge on any atom is -0.371 e. The molecule has 1 aromatic heterocycles. The fraction of sp³-hybridized carbons (Fsp3) is 0.667. The molecule has 108 valence electrons. The average molecular weight is 281 g/mol. The maximum Gasteiger partial charge on any atom is 0.0445 e. The largest absolute Gasteiger partial charge is 0.371 e. The van der Waals surface area contributed by atoms with E-state index in [2.05, 4.69) is 62.3 Å². The second-order valence-electron chi connectivity index (χ2n) is 5.41. The molecule has 1 N–H and O–H groups in total. The predicted molar refractivity (Wildman–Crippen MR) is 87.2 cm³/mol. The third-order valence-corrected chi connectivity index (χ3v) is 4.06. The van der Waals surface area contributed by atoms with Crippen LogP contribution in [0.3, 0.4) is 0 Å². The Morgan fingerprint density at radius 2 is 2.05 bits per heavy atom. The Hall–Kier alpha value is -0.740. The lowest BCUT2D eigenvalue weighted by Gasteiger charge is -2.29. The zero-order valence-corrected chi connectivity index (χ0v) is 13.8. The summed E-state index contributed by atoms with van der Waals surface area (Å²) in [5.74, 6) is 1.13. The van der Waals surface area contributed by atoms with E-state index < -0.39 is 0 Å². The van der Waals surface area contributed by atoms with Gasteiger partial charge in [0.1, 0.15) is 0 Å². The van der Waals surface area contributed by atoms with Crippen LogP contribution in [0.4, 0.5) is 5.69 Å². The Bertz CT molecular complexity index is 393. The van der Waals surface area contributed by atoms with Crippen LogP contribution in [0.5, 0.6) is 0 Å². The van der Waals surface area contributed by atoms with Crippen LogP contribution in [-0.2, 0) is 6.54 Å². The SMILES string of the molecule is CSCC(C)N(C)c1cc(C)ncc1CNC(C)C. The smallest absolute Gasteiger partial charge is 0.0445 e. The summed E-state index contributed by atoms with van der Waals surface area (Å²) >= 11 is 1.89. The molecule has 1 unspecified atom stereocenters. The molecule has 0 radical (unpaired) electrons. The van der Waals surface area contributed by atoms with E-state index in [9.17, 15) is 0 Å². The van der Waals surface area contributed by atoms with Gasteiger partial charge in [-0.3, -0.25) is 4.98 Å². The van der Waals surface area contributed by atoms with Crippen LogP contribution in [0.2, 0.25) is 0 Å². The number of anilines is 1. The van der Waals surface area contributed by atoms with Crippen LogP contribution in [0.1, 0.15) is 32.0 Å². The zero-order valence-electron chi connectivity index (χ0n) is 13.0. The van der Waals surface area contributed by atoms with E-state index >= 15 is 0 Å². The molecule has 0 spiro atoms. The van der Waals surface area contributed by atoms with Gasteiger partial charge in [0.05, 0.1) is 0 Å². The fourth-order valence-electron chi connectivity index (χ4n) is 1.94. The van der Waals surface area contributed by atoms with Crippen molar-refractivity contribution in [1.29, 1.82) is 0 Å². The van der Waals surface area contributed by atoms with Crippen LogP contribution in [0.25, 0.3) is 0 Å². The monoisotopic (exact) mass is 281 g/mol. The summed E-state index contributed by atoms with van der Waals surface area (Å²) in [6, 6.07) is 3.20. The number of thioether (sulfide) groups is 1. The van der Waals surface area contributed by atoms with Crippen LogP contribution in [0, 0.1) is 6.92 Å². The number of nitrogens with zero attached hydrogens (tertiary/aromatic N) is 2. The number of hydrogen-bond donors (Lipinski definition) is 1. The van der Waals surface area contributed by atoms with Gasteiger partial charge in [-0.15, -0.1) is 0 Å². The van der Waals surface area contributed by atoms with E-state index in [0.717, 1.165) is 18.0 Å². The first kappa shape index (κ1) is 16.3. The quantitative estimate of drug-likeness (QED) is 0.831. The molecule has 0 amide bonds. The summed E-state index contributed by atoms with van der Waals surface area (Å²) in [6.45, 7) is 9.53. The molecule has 0 aliphatic rings. The molecule has 0 saturated carbocycles. The first-order chi connectivity index (χ1) is 8.95. The average Bonchev–Trinajstić information content (AvgIpc) is 2.36. The van der Waals surface area contributed by atoms with Gasteiger partial charge in [0, 0.05) is 54.6 Å². The molecule has 19 heavy (non-hydrogen) atoms. The van der Waals surface area contributed by atoms with E-state index in [0.29, 0.717) is 12.1 Å². The van der Waals surface area contributed by atoms with Crippen molar-refractivity contribution in [3.63, 3.8) is 0 Å². The van der Waals surface area contributed by atoms with Crippen molar-refractivity contribution >= 4 is 17.4 Å². The van der Waals surface area contributed by atoms with Gasteiger partial charge in [-0.25, -0.2) is 0 Å². The Morgan fingerprint density at radius 3 is 2.63 bits per heavy atom. The molecule has 3 nitrogen and oxygen atoms in total. The van der Waals surface area contributed by atoms with E-state index in [-0.39, 0.29) is 0 Å². The molecule has 0 aliphatic carbocycles. The molecule has 4 heteroatoms. The number of aryl methyl sites for hydroxylation is 1. The normalized spacial score (nSPS) is 12.8. The molecule has 0 aromatic carbocycles. The van der Waals surface area contributed by atoms with E-state index in [1.54, 1.807) is 0 Å². The topological polar surface area (TPSA) is 28.2 Å². The summed E-state index contributed by atoms with van der Waals surface area (Å²) in [5.41, 5.74) is 3.64. The zero-order chi connectivity index (χ0) is 14.4. The van der Waals surface area contributed by atoms with Crippen LogP contribution >= 0.6 is 11.8 Å². The van der Waals surface area contributed by atoms with Crippen molar-refractivity contribution in [3.8, 4) is 0 Å². The summed E-state index contributed by atoms with van der Waals surface area (Å²) in [6.07, 6.45) is 4.16. The number of rotatable bonds is 7. The first-order valence-electron chi connectivity index (χ1n) is 6.86. The van der Waals surface area contributed by atoms with Crippen molar-refractivity contribution < 1.29 is 0 Å². The lowest BCUT2D eigenvalue weighted by atomic mass is 10.1. The van der Waals surface area contributed by atoms with Gasteiger partial charge >= 0.3 is 0 Å². The maximum atomic E-state index is 4.43. The van der Waals surface area contributed by atoms with E-state index in [1.165, 1.54) is 11.3 Å². The minimum absolute atomic E-state index is 0.489. The van der Waals surface area contributed by atoms with Crippen molar-refractivity contribution in [2.24, 2.45) is 0 Å². The van der Waals surface area contributed by atoms with Gasteiger partial charge in [-0.1, -0.05) is 13.8 Å². The van der Waals surface area contributed by atoms with Crippen molar-refractivity contribution in [2.75, 3.05) is 24.0 Å². The number of aromatic nitrogens is 1. The summed E-state index contributed by atoms with van der Waals surface area (Å²) in [5, 5.41) is 3.48. The summed E-state index contributed by atoms with van der Waals surface area (Å²) < 4.78 is 0. The van der Waals surface area contributed by atoms with Crippen molar-refractivity contribution in [3.05, 3.63) is 23.5 Å². The molecule has 0 fully saturated rings. The third kappa shape index (κ3) is 5.03. The molecular weight excluding hydrogens is 254 g/mol.